The van der Waals surface area contributed by atoms with Crippen LogP contribution < -0.4 is 10.9 Å². The fourth-order valence-electron chi connectivity index (χ4n) is 1.92. The van der Waals surface area contributed by atoms with Gasteiger partial charge in [-0.3, -0.25) is 20.4 Å². The molecule has 2 N–H and O–H groups in total. The van der Waals surface area contributed by atoms with Gasteiger partial charge >= 0.3 is 11.9 Å². The Morgan fingerprint density at radius 2 is 1.88 bits per heavy atom. The van der Waals surface area contributed by atoms with Gasteiger partial charge in [0.25, 0.3) is 5.91 Å². The number of ether oxygens (including phenoxy) is 1. The SMILES string of the molecule is O=C(COC(=O)c1csc(-c2ccccc2)n1)NNC(=O)c1ccco1. The minimum atomic E-state index is -0.726. The van der Waals surface area contributed by atoms with Gasteiger partial charge in [0.05, 0.1) is 6.26 Å². The van der Waals surface area contributed by atoms with E-state index in [0.29, 0.717) is 5.01 Å². The van der Waals surface area contributed by atoms with E-state index in [1.807, 2.05) is 30.3 Å². The van der Waals surface area contributed by atoms with Crippen molar-refractivity contribution in [2.24, 2.45) is 0 Å². The monoisotopic (exact) mass is 371 g/mol. The van der Waals surface area contributed by atoms with Crippen molar-refractivity contribution >= 4 is 29.1 Å². The van der Waals surface area contributed by atoms with Crippen LogP contribution in [-0.4, -0.2) is 29.4 Å². The second kappa shape index (κ2) is 8.08. The van der Waals surface area contributed by atoms with E-state index in [2.05, 4.69) is 15.8 Å². The lowest BCUT2D eigenvalue weighted by molar-refractivity contribution is -0.125. The van der Waals surface area contributed by atoms with Crippen LogP contribution >= 0.6 is 11.3 Å². The average Bonchev–Trinajstić information content (AvgIpc) is 3.37. The van der Waals surface area contributed by atoms with Crippen molar-refractivity contribution < 1.29 is 23.5 Å². The number of hydrogen-bond acceptors (Lipinski definition) is 7. The van der Waals surface area contributed by atoms with E-state index in [1.165, 1.54) is 29.7 Å². The van der Waals surface area contributed by atoms with Gasteiger partial charge in [-0.2, -0.15) is 0 Å². The molecule has 0 unspecified atom stereocenters. The maximum atomic E-state index is 12.0. The highest BCUT2D eigenvalue weighted by Crippen LogP contribution is 2.23. The summed E-state index contributed by atoms with van der Waals surface area (Å²) in [5, 5.41) is 2.23. The number of thiazole rings is 1. The largest absolute Gasteiger partial charge is 0.459 e. The van der Waals surface area contributed by atoms with Gasteiger partial charge < -0.3 is 9.15 Å². The standard InChI is InChI=1S/C17H13N3O5S/c21-14(19-20-15(22)13-7-4-8-24-13)9-25-17(23)12-10-26-16(18-12)11-5-2-1-3-6-11/h1-8,10H,9H2,(H,19,21)(H,20,22). The number of nitrogens with zero attached hydrogens (tertiary/aromatic N) is 1. The average molecular weight is 371 g/mol. The van der Waals surface area contributed by atoms with Crippen molar-refractivity contribution in [3.63, 3.8) is 0 Å². The smallest absolute Gasteiger partial charge is 0.358 e. The van der Waals surface area contributed by atoms with Crippen molar-refractivity contribution in [1.29, 1.82) is 0 Å². The second-order valence-electron chi connectivity index (χ2n) is 4.96. The topological polar surface area (TPSA) is 111 Å². The molecular weight excluding hydrogens is 358 g/mol. The Morgan fingerprint density at radius 3 is 2.62 bits per heavy atom. The van der Waals surface area contributed by atoms with Crippen LogP contribution in [0.5, 0.6) is 0 Å². The molecule has 0 atom stereocenters. The summed E-state index contributed by atoms with van der Waals surface area (Å²) in [6.45, 7) is -0.560. The third-order valence-electron chi connectivity index (χ3n) is 3.13. The van der Waals surface area contributed by atoms with Crippen LogP contribution in [0, 0.1) is 0 Å². The molecule has 0 spiro atoms. The number of aromatic nitrogens is 1. The molecule has 0 aliphatic rings. The number of amides is 2. The van der Waals surface area contributed by atoms with Crippen LogP contribution in [0.25, 0.3) is 10.6 Å². The second-order valence-corrected chi connectivity index (χ2v) is 5.82. The van der Waals surface area contributed by atoms with Crippen molar-refractivity contribution in [2.75, 3.05) is 6.61 Å². The van der Waals surface area contributed by atoms with Crippen LogP contribution in [0.2, 0.25) is 0 Å². The highest BCUT2D eigenvalue weighted by Gasteiger charge is 2.15. The lowest BCUT2D eigenvalue weighted by Crippen LogP contribution is -2.43. The summed E-state index contributed by atoms with van der Waals surface area (Å²) in [6.07, 6.45) is 1.33. The maximum absolute atomic E-state index is 12.0. The van der Waals surface area contributed by atoms with E-state index in [0.717, 1.165) is 5.56 Å². The van der Waals surface area contributed by atoms with Crippen LogP contribution in [0.4, 0.5) is 0 Å². The lowest BCUT2D eigenvalue weighted by atomic mass is 10.2. The Kier molecular flexibility index (Phi) is 5.40. The lowest BCUT2D eigenvalue weighted by Gasteiger charge is -2.06. The molecule has 0 saturated carbocycles. The zero-order valence-electron chi connectivity index (χ0n) is 13.3. The molecule has 8 nitrogen and oxygen atoms in total. The molecule has 1 aromatic carbocycles. The number of furan rings is 1. The molecule has 2 aromatic heterocycles. The summed E-state index contributed by atoms with van der Waals surface area (Å²) in [5.41, 5.74) is 5.25. The first-order chi connectivity index (χ1) is 12.6. The minimum Gasteiger partial charge on any atom is -0.459 e. The minimum absolute atomic E-state index is 0.0400. The Hall–Kier alpha value is -3.46. The molecule has 0 radical (unpaired) electrons. The van der Waals surface area contributed by atoms with E-state index in [4.69, 9.17) is 9.15 Å². The van der Waals surface area contributed by atoms with Crippen LogP contribution in [0.3, 0.4) is 0 Å². The Labute approximate surface area is 151 Å². The van der Waals surface area contributed by atoms with Gasteiger partial charge in [0, 0.05) is 10.9 Å². The number of carbonyl (C=O) groups is 3. The third-order valence-corrected chi connectivity index (χ3v) is 4.02. The predicted molar refractivity (Wildman–Crippen MR) is 92.1 cm³/mol. The highest BCUT2D eigenvalue weighted by atomic mass is 32.1. The molecule has 9 heteroatoms. The van der Waals surface area contributed by atoms with Gasteiger partial charge in [0.2, 0.25) is 0 Å². The molecular formula is C17H13N3O5S. The van der Waals surface area contributed by atoms with Crippen LogP contribution in [-0.2, 0) is 9.53 Å². The number of benzene rings is 1. The predicted octanol–water partition coefficient (Wildman–Crippen LogP) is 2.02. The van der Waals surface area contributed by atoms with Crippen molar-refractivity contribution in [3.05, 3.63) is 65.6 Å². The first-order valence-electron chi connectivity index (χ1n) is 7.44. The van der Waals surface area contributed by atoms with Gasteiger partial charge in [0.15, 0.2) is 18.1 Å². The summed E-state index contributed by atoms with van der Waals surface area (Å²) in [7, 11) is 0. The number of esters is 1. The van der Waals surface area contributed by atoms with E-state index < -0.39 is 24.4 Å². The zero-order valence-corrected chi connectivity index (χ0v) is 14.1. The van der Waals surface area contributed by atoms with Gasteiger partial charge in [-0.1, -0.05) is 30.3 Å². The number of rotatable bonds is 5. The molecule has 3 rings (SSSR count). The third kappa shape index (κ3) is 4.33. The first-order valence-corrected chi connectivity index (χ1v) is 8.32. The van der Waals surface area contributed by atoms with Gasteiger partial charge in [-0.05, 0) is 12.1 Å². The number of hydrazine groups is 1. The van der Waals surface area contributed by atoms with Gasteiger partial charge in [-0.15, -0.1) is 11.3 Å². The highest BCUT2D eigenvalue weighted by molar-refractivity contribution is 7.13. The van der Waals surface area contributed by atoms with E-state index in [1.54, 1.807) is 5.38 Å². The Bertz CT molecular complexity index is 906. The Morgan fingerprint density at radius 1 is 1.08 bits per heavy atom. The molecule has 0 fully saturated rings. The number of carbonyl (C=O) groups excluding carboxylic acids is 3. The summed E-state index contributed by atoms with van der Waals surface area (Å²) in [5.74, 6) is -2.01. The Balaban J connectivity index is 1.47. The number of nitrogens with one attached hydrogen (secondary N) is 2. The quantitative estimate of drug-likeness (QED) is 0.524. The van der Waals surface area contributed by atoms with Crippen molar-refractivity contribution in [2.45, 2.75) is 0 Å². The van der Waals surface area contributed by atoms with Crippen molar-refractivity contribution in [1.82, 2.24) is 15.8 Å². The van der Waals surface area contributed by atoms with Crippen LogP contribution in [0.15, 0.2) is 58.5 Å². The summed E-state index contributed by atoms with van der Waals surface area (Å²) in [6, 6.07) is 12.4. The molecule has 2 amide bonds. The fraction of sp³-hybridized carbons (Fsp3) is 0.0588. The molecule has 132 valence electrons. The van der Waals surface area contributed by atoms with E-state index >= 15 is 0 Å². The molecule has 0 aliphatic carbocycles. The van der Waals surface area contributed by atoms with E-state index in [9.17, 15) is 14.4 Å². The zero-order chi connectivity index (χ0) is 18.4. The normalized spacial score (nSPS) is 10.2. The fourth-order valence-corrected chi connectivity index (χ4v) is 2.71. The van der Waals surface area contributed by atoms with Crippen LogP contribution in [0.1, 0.15) is 21.0 Å². The molecule has 3 aromatic rings. The van der Waals surface area contributed by atoms with Gasteiger partial charge in [0.1, 0.15) is 5.01 Å². The molecule has 26 heavy (non-hydrogen) atoms. The summed E-state index contributed by atoms with van der Waals surface area (Å²) in [4.78, 5) is 39.4. The first kappa shape index (κ1) is 17.4. The molecule has 2 heterocycles. The van der Waals surface area contributed by atoms with Gasteiger partial charge in [-0.25, -0.2) is 9.78 Å². The maximum Gasteiger partial charge on any atom is 0.358 e. The van der Waals surface area contributed by atoms with Crippen molar-refractivity contribution in [3.8, 4) is 10.6 Å². The molecule has 0 saturated heterocycles. The molecule has 0 aliphatic heterocycles. The summed E-state index contributed by atoms with van der Waals surface area (Å²) >= 11 is 1.30. The molecule has 0 bridgehead atoms. The van der Waals surface area contributed by atoms with E-state index in [-0.39, 0.29) is 11.5 Å². The number of hydrogen-bond donors (Lipinski definition) is 2. The summed E-state index contributed by atoms with van der Waals surface area (Å²) < 4.78 is 9.75.